The number of hydrogen-bond donors (Lipinski definition) is 0. The van der Waals surface area contributed by atoms with Gasteiger partial charge in [-0.1, -0.05) is 12.1 Å². The summed E-state index contributed by atoms with van der Waals surface area (Å²) < 4.78 is 19.1. The molecule has 0 aliphatic carbocycles. The minimum atomic E-state index is -0.292. The fraction of sp³-hybridized carbons (Fsp3) is 0.500. The van der Waals surface area contributed by atoms with E-state index in [1.165, 1.54) is 12.1 Å². The molecule has 3 rings (SSSR count). The number of piperazine rings is 1. The van der Waals surface area contributed by atoms with Gasteiger partial charge in [-0.25, -0.2) is 4.39 Å². The standard InChI is InChI=1S/C20H27FN4O2/c1-4-9-25(15(2)26)14-18-19(16-5-7-17(21)8-6-16)22-27-20(18)24-12-10-23(3)11-13-24/h5-8H,4,9-14H2,1-3H3. The van der Waals surface area contributed by atoms with E-state index in [2.05, 4.69) is 22.0 Å². The van der Waals surface area contributed by atoms with E-state index in [9.17, 15) is 9.18 Å². The maximum atomic E-state index is 13.3. The van der Waals surface area contributed by atoms with Crippen LogP contribution in [0.15, 0.2) is 28.8 Å². The monoisotopic (exact) mass is 374 g/mol. The lowest BCUT2D eigenvalue weighted by molar-refractivity contribution is -0.129. The number of hydrogen-bond acceptors (Lipinski definition) is 5. The highest BCUT2D eigenvalue weighted by molar-refractivity contribution is 5.75. The molecule has 1 fully saturated rings. The molecule has 1 aromatic heterocycles. The van der Waals surface area contributed by atoms with Crippen LogP contribution in [0, 0.1) is 5.82 Å². The lowest BCUT2D eigenvalue weighted by Gasteiger charge is -2.32. The number of carbonyl (C=O) groups excluding carboxylic acids is 1. The molecule has 0 spiro atoms. The summed E-state index contributed by atoms with van der Waals surface area (Å²) in [5.74, 6) is 0.441. The van der Waals surface area contributed by atoms with E-state index in [-0.39, 0.29) is 11.7 Å². The second kappa shape index (κ2) is 8.52. The van der Waals surface area contributed by atoms with Crippen molar-refractivity contribution in [2.45, 2.75) is 26.8 Å². The Bertz CT molecular complexity index is 767. The molecule has 1 saturated heterocycles. The average Bonchev–Trinajstić information content (AvgIpc) is 3.06. The smallest absolute Gasteiger partial charge is 0.232 e. The fourth-order valence-electron chi connectivity index (χ4n) is 3.34. The predicted octanol–water partition coefficient (Wildman–Crippen LogP) is 2.99. The first-order chi connectivity index (χ1) is 13.0. The Morgan fingerprint density at radius 3 is 2.48 bits per heavy atom. The molecule has 2 heterocycles. The van der Waals surface area contributed by atoms with Crippen molar-refractivity contribution in [1.82, 2.24) is 15.0 Å². The second-order valence-electron chi connectivity index (χ2n) is 7.05. The summed E-state index contributed by atoms with van der Waals surface area (Å²) in [5, 5.41) is 4.29. The topological polar surface area (TPSA) is 52.8 Å². The first-order valence-corrected chi connectivity index (χ1v) is 9.43. The quantitative estimate of drug-likeness (QED) is 0.778. The van der Waals surface area contributed by atoms with Gasteiger partial charge in [0.1, 0.15) is 11.5 Å². The number of nitrogens with zero attached hydrogens (tertiary/aromatic N) is 4. The minimum Gasteiger partial charge on any atom is -0.338 e. The molecular formula is C20H27FN4O2. The Balaban J connectivity index is 1.98. The van der Waals surface area contributed by atoms with Gasteiger partial charge in [0.15, 0.2) is 0 Å². The van der Waals surface area contributed by atoms with Gasteiger partial charge in [-0.3, -0.25) is 4.79 Å². The van der Waals surface area contributed by atoms with E-state index in [4.69, 9.17) is 4.52 Å². The van der Waals surface area contributed by atoms with Gasteiger partial charge in [0.2, 0.25) is 11.8 Å². The van der Waals surface area contributed by atoms with Crippen LogP contribution < -0.4 is 4.90 Å². The molecule has 2 aromatic rings. The maximum Gasteiger partial charge on any atom is 0.232 e. The fourth-order valence-corrected chi connectivity index (χ4v) is 3.34. The number of anilines is 1. The van der Waals surface area contributed by atoms with Crippen LogP contribution in [0.25, 0.3) is 11.3 Å². The van der Waals surface area contributed by atoms with Crippen LogP contribution in [-0.4, -0.2) is 60.6 Å². The lowest BCUT2D eigenvalue weighted by atomic mass is 10.1. The molecule has 1 aliphatic rings. The maximum absolute atomic E-state index is 13.3. The molecule has 0 atom stereocenters. The molecule has 1 amide bonds. The molecule has 0 bridgehead atoms. The van der Waals surface area contributed by atoms with Crippen molar-refractivity contribution in [3.8, 4) is 11.3 Å². The van der Waals surface area contributed by atoms with Crippen molar-refractivity contribution in [1.29, 1.82) is 0 Å². The van der Waals surface area contributed by atoms with Gasteiger partial charge in [0, 0.05) is 45.2 Å². The summed E-state index contributed by atoms with van der Waals surface area (Å²) in [5.41, 5.74) is 2.34. The Labute approximate surface area is 159 Å². The molecule has 0 unspecified atom stereocenters. The van der Waals surface area contributed by atoms with Crippen LogP contribution in [0.3, 0.4) is 0 Å². The van der Waals surface area contributed by atoms with E-state index in [1.807, 2.05) is 6.92 Å². The number of likely N-dealkylation sites (N-methyl/N-ethyl adjacent to an activating group) is 1. The number of rotatable bonds is 6. The Hall–Kier alpha value is -2.41. The third-order valence-corrected chi connectivity index (χ3v) is 4.96. The van der Waals surface area contributed by atoms with Crippen LogP contribution in [0.5, 0.6) is 0 Å². The molecule has 1 aliphatic heterocycles. The highest BCUT2D eigenvalue weighted by atomic mass is 19.1. The number of benzene rings is 1. The summed E-state index contributed by atoms with van der Waals surface area (Å²) >= 11 is 0. The highest BCUT2D eigenvalue weighted by Gasteiger charge is 2.26. The first kappa shape index (κ1) is 19.4. The largest absolute Gasteiger partial charge is 0.338 e. The number of aromatic nitrogens is 1. The molecule has 0 saturated carbocycles. The van der Waals surface area contributed by atoms with Gasteiger partial charge < -0.3 is 19.2 Å². The normalized spacial score (nSPS) is 15.2. The Morgan fingerprint density at radius 1 is 1.22 bits per heavy atom. The van der Waals surface area contributed by atoms with E-state index in [0.29, 0.717) is 24.7 Å². The van der Waals surface area contributed by atoms with Gasteiger partial charge in [0.25, 0.3) is 0 Å². The summed E-state index contributed by atoms with van der Waals surface area (Å²) in [6.07, 6.45) is 0.876. The zero-order chi connectivity index (χ0) is 19.4. The lowest BCUT2D eigenvalue weighted by Crippen LogP contribution is -2.44. The SMILES string of the molecule is CCCN(Cc1c(-c2ccc(F)cc2)noc1N1CCN(C)CC1)C(C)=O. The van der Waals surface area contributed by atoms with Gasteiger partial charge >= 0.3 is 0 Å². The van der Waals surface area contributed by atoms with Crippen LogP contribution in [-0.2, 0) is 11.3 Å². The Morgan fingerprint density at radius 2 is 1.89 bits per heavy atom. The van der Waals surface area contributed by atoms with Crippen LogP contribution in [0.4, 0.5) is 10.3 Å². The van der Waals surface area contributed by atoms with Gasteiger partial charge in [0.05, 0.1) is 12.1 Å². The van der Waals surface area contributed by atoms with Crippen LogP contribution >= 0.6 is 0 Å². The van der Waals surface area contributed by atoms with Crippen molar-refractivity contribution in [2.75, 3.05) is 44.7 Å². The third-order valence-electron chi connectivity index (χ3n) is 4.96. The Kier molecular flexibility index (Phi) is 6.11. The molecular weight excluding hydrogens is 347 g/mol. The van der Waals surface area contributed by atoms with Crippen molar-refractivity contribution in [2.24, 2.45) is 0 Å². The van der Waals surface area contributed by atoms with E-state index in [0.717, 1.165) is 43.7 Å². The minimum absolute atomic E-state index is 0.0208. The summed E-state index contributed by atoms with van der Waals surface area (Å²) in [6, 6.07) is 6.22. The van der Waals surface area contributed by atoms with E-state index >= 15 is 0 Å². The first-order valence-electron chi connectivity index (χ1n) is 9.43. The van der Waals surface area contributed by atoms with Gasteiger partial charge in [-0.05, 0) is 37.7 Å². The second-order valence-corrected chi connectivity index (χ2v) is 7.05. The van der Waals surface area contributed by atoms with Crippen LogP contribution in [0.2, 0.25) is 0 Å². The third kappa shape index (κ3) is 4.47. The molecule has 1 aromatic carbocycles. The number of carbonyl (C=O) groups is 1. The molecule has 7 heteroatoms. The summed E-state index contributed by atoms with van der Waals surface area (Å²) in [7, 11) is 2.10. The van der Waals surface area contributed by atoms with Gasteiger partial charge in [-0.15, -0.1) is 0 Å². The van der Waals surface area contributed by atoms with Crippen LogP contribution in [0.1, 0.15) is 25.8 Å². The molecule has 27 heavy (non-hydrogen) atoms. The number of amides is 1. The van der Waals surface area contributed by atoms with E-state index < -0.39 is 0 Å². The van der Waals surface area contributed by atoms with Crippen molar-refractivity contribution in [3.05, 3.63) is 35.6 Å². The van der Waals surface area contributed by atoms with Gasteiger partial charge in [-0.2, -0.15) is 0 Å². The summed E-state index contributed by atoms with van der Waals surface area (Å²) in [6.45, 7) is 8.30. The van der Waals surface area contributed by atoms with Crippen molar-refractivity contribution < 1.29 is 13.7 Å². The van der Waals surface area contributed by atoms with Crippen molar-refractivity contribution in [3.63, 3.8) is 0 Å². The molecule has 6 nitrogen and oxygen atoms in total. The predicted molar refractivity (Wildman–Crippen MR) is 103 cm³/mol. The molecule has 0 N–H and O–H groups in total. The highest BCUT2D eigenvalue weighted by Crippen LogP contribution is 2.33. The average molecular weight is 374 g/mol. The molecule has 146 valence electrons. The van der Waals surface area contributed by atoms with Crippen molar-refractivity contribution >= 4 is 11.8 Å². The van der Waals surface area contributed by atoms with E-state index in [1.54, 1.807) is 24.0 Å². The zero-order valence-corrected chi connectivity index (χ0v) is 16.2. The zero-order valence-electron chi connectivity index (χ0n) is 16.2. The number of halogens is 1. The summed E-state index contributed by atoms with van der Waals surface area (Å²) in [4.78, 5) is 18.3. The molecule has 0 radical (unpaired) electrons.